The number of rotatable bonds is 4. The summed E-state index contributed by atoms with van der Waals surface area (Å²) in [6, 6.07) is 1.27. The molecule has 2 rings (SSSR count). The van der Waals surface area contributed by atoms with Crippen LogP contribution >= 0.6 is 0 Å². The highest BCUT2D eigenvalue weighted by atomic mass is 16.5. The number of hydrogen-bond donors (Lipinski definition) is 1. The molecular formula is C13H24N2O2. The number of esters is 1. The maximum atomic E-state index is 11.6. The van der Waals surface area contributed by atoms with E-state index in [1.807, 2.05) is 0 Å². The van der Waals surface area contributed by atoms with Crippen LogP contribution in [0.4, 0.5) is 0 Å². The van der Waals surface area contributed by atoms with Crippen molar-refractivity contribution in [1.29, 1.82) is 0 Å². The number of methoxy groups -OCH3 is 1. The van der Waals surface area contributed by atoms with Crippen molar-refractivity contribution in [1.82, 2.24) is 10.2 Å². The summed E-state index contributed by atoms with van der Waals surface area (Å²) in [5.74, 6) is -0.0881. The number of nitrogens with one attached hydrogen (secondary N) is 1. The standard InChI is InChI=1S/C13H24N2O2/c1-4-14-13(9-12(16)17-3)7-10-5-6-11(8-13)15(10)2/h10-11,14H,4-9H2,1-3H3. The predicted octanol–water partition coefficient (Wildman–Crippen LogP) is 1.15. The SMILES string of the molecule is CCNC1(CC(=O)OC)CC2CCC(C1)N2C. The van der Waals surface area contributed by atoms with Crippen LogP contribution in [0.2, 0.25) is 0 Å². The molecule has 2 heterocycles. The van der Waals surface area contributed by atoms with Crippen LogP contribution in [0.3, 0.4) is 0 Å². The number of piperidine rings is 1. The Kier molecular flexibility index (Phi) is 3.73. The largest absolute Gasteiger partial charge is 0.469 e. The van der Waals surface area contributed by atoms with Crippen molar-refractivity contribution in [2.24, 2.45) is 0 Å². The molecule has 0 aliphatic carbocycles. The van der Waals surface area contributed by atoms with Gasteiger partial charge in [-0.15, -0.1) is 0 Å². The van der Waals surface area contributed by atoms with Gasteiger partial charge in [0.15, 0.2) is 0 Å². The third kappa shape index (κ3) is 2.47. The zero-order valence-corrected chi connectivity index (χ0v) is 11.2. The molecule has 0 saturated carbocycles. The molecule has 0 aromatic carbocycles. The topological polar surface area (TPSA) is 41.6 Å². The number of carbonyl (C=O) groups excluding carboxylic acids is 1. The van der Waals surface area contributed by atoms with Gasteiger partial charge in [-0.3, -0.25) is 4.79 Å². The minimum atomic E-state index is -0.0881. The molecule has 2 saturated heterocycles. The van der Waals surface area contributed by atoms with Gasteiger partial charge < -0.3 is 15.0 Å². The minimum Gasteiger partial charge on any atom is -0.469 e. The summed E-state index contributed by atoms with van der Waals surface area (Å²) < 4.78 is 4.85. The molecule has 2 aliphatic heterocycles. The molecule has 0 amide bonds. The maximum Gasteiger partial charge on any atom is 0.307 e. The minimum absolute atomic E-state index is 0.0276. The molecule has 2 bridgehead atoms. The molecule has 4 heteroatoms. The van der Waals surface area contributed by atoms with E-state index in [0.717, 1.165) is 19.4 Å². The average molecular weight is 240 g/mol. The van der Waals surface area contributed by atoms with Crippen LogP contribution in [0.25, 0.3) is 0 Å². The smallest absolute Gasteiger partial charge is 0.307 e. The van der Waals surface area contributed by atoms with E-state index in [0.29, 0.717) is 18.5 Å². The van der Waals surface area contributed by atoms with E-state index in [-0.39, 0.29) is 11.5 Å². The van der Waals surface area contributed by atoms with Crippen molar-refractivity contribution in [3.8, 4) is 0 Å². The second-order valence-corrected chi connectivity index (χ2v) is 5.52. The second-order valence-electron chi connectivity index (χ2n) is 5.52. The normalized spacial score (nSPS) is 37.1. The molecule has 0 aromatic rings. The predicted molar refractivity (Wildman–Crippen MR) is 66.8 cm³/mol. The van der Waals surface area contributed by atoms with Crippen LogP contribution in [-0.4, -0.2) is 49.2 Å². The van der Waals surface area contributed by atoms with E-state index in [1.54, 1.807) is 0 Å². The molecular weight excluding hydrogens is 216 g/mol. The Labute approximate surface area is 104 Å². The van der Waals surface area contributed by atoms with Crippen molar-refractivity contribution < 1.29 is 9.53 Å². The van der Waals surface area contributed by atoms with Crippen LogP contribution in [0, 0.1) is 0 Å². The van der Waals surface area contributed by atoms with Gasteiger partial charge in [0.2, 0.25) is 0 Å². The van der Waals surface area contributed by atoms with E-state index in [2.05, 4.69) is 24.2 Å². The Balaban J connectivity index is 2.10. The Bertz CT molecular complexity index is 279. The lowest BCUT2D eigenvalue weighted by Crippen LogP contribution is -2.57. The summed E-state index contributed by atoms with van der Waals surface area (Å²) in [6.45, 7) is 3.03. The van der Waals surface area contributed by atoms with Gasteiger partial charge >= 0.3 is 5.97 Å². The van der Waals surface area contributed by atoms with E-state index in [1.165, 1.54) is 20.0 Å². The Morgan fingerprint density at radius 2 is 2.00 bits per heavy atom. The third-order valence-corrected chi connectivity index (χ3v) is 4.50. The summed E-state index contributed by atoms with van der Waals surface area (Å²) in [5.41, 5.74) is -0.0276. The highest BCUT2D eigenvalue weighted by molar-refractivity contribution is 5.70. The van der Waals surface area contributed by atoms with Crippen molar-refractivity contribution in [2.75, 3.05) is 20.7 Å². The first-order chi connectivity index (χ1) is 8.10. The van der Waals surface area contributed by atoms with Crippen molar-refractivity contribution in [3.63, 3.8) is 0 Å². The Morgan fingerprint density at radius 3 is 2.47 bits per heavy atom. The number of fused-ring (bicyclic) bond motifs is 2. The highest BCUT2D eigenvalue weighted by Crippen LogP contribution is 2.41. The highest BCUT2D eigenvalue weighted by Gasteiger charge is 2.47. The quantitative estimate of drug-likeness (QED) is 0.749. The molecule has 0 radical (unpaired) electrons. The molecule has 0 aromatic heterocycles. The average Bonchev–Trinajstić information content (AvgIpc) is 2.53. The summed E-state index contributed by atoms with van der Waals surface area (Å²) in [6.07, 6.45) is 5.20. The molecule has 1 N–H and O–H groups in total. The molecule has 0 spiro atoms. The number of ether oxygens (including phenoxy) is 1. The van der Waals surface area contributed by atoms with Crippen LogP contribution in [0.15, 0.2) is 0 Å². The van der Waals surface area contributed by atoms with Crippen molar-refractivity contribution >= 4 is 5.97 Å². The lowest BCUT2D eigenvalue weighted by molar-refractivity contribution is -0.143. The fraction of sp³-hybridized carbons (Fsp3) is 0.923. The summed E-state index contributed by atoms with van der Waals surface area (Å²) in [4.78, 5) is 14.1. The van der Waals surface area contributed by atoms with Crippen LogP contribution in [0.1, 0.15) is 39.0 Å². The summed E-state index contributed by atoms with van der Waals surface area (Å²) in [5, 5.41) is 3.56. The Morgan fingerprint density at radius 1 is 1.41 bits per heavy atom. The monoisotopic (exact) mass is 240 g/mol. The second kappa shape index (κ2) is 4.94. The maximum absolute atomic E-state index is 11.6. The summed E-state index contributed by atoms with van der Waals surface area (Å²) in [7, 11) is 3.70. The molecule has 4 nitrogen and oxygen atoms in total. The van der Waals surface area contributed by atoms with Gasteiger partial charge in [-0.05, 0) is 39.3 Å². The van der Waals surface area contributed by atoms with Gasteiger partial charge in [-0.2, -0.15) is 0 Å². The number of hydrogen-bond acceptors (Lipinski definition) is 4. The zero-order valence-electron chi connectivity index (χ0n) is 11.2. The molecule has 2 fully saturated rings. The molecule has 2 atom stereocenters. The van der Waals surface area contributed by atoms with E-state index in [9.17, 15) is 4.79 Å². The molecule has 2 aliphatic rings. The lowest BCUT2D eigenvalue weighted by atomic mass is 9.80. The van der Waals surface area contributed by atoms with Gasteiger partial charge in [-0.25, -0.2) is 0 Å². The third-order valence-electron chi connectivity index (χ3n) is 4.50. The summed E-state index contributed by atoms with van der Waals surface area (Å²) >= 11 is 0. The van der Waals surface area contributed by atoms with Crippen LogP contribution in [0.5, 0.6) is 0 Å². The van der Waals surface area contributed by atoms with Crippen LogP contribution in [-0.2, 0) is 9.53 Å². The van der Waals surface area contributed by atoms with Crippen LogP contribution < -0.4 is 5.32 Å². The Hall–Kier alpha value is -0.610. The number of carbonyl (C=O) groups is 1. The fourth-order valence-corrected chi connectivity index (χ4v) is 3.64. The van der Waals surface area contributed by atoms with Gasteiger partial charge in [-0.1, -0.05) is 6.92 Å². The first kappa shape index (κ1) is 12.8. The van der Waals surface area contributed by atoms with Gasteiger partial charge in [0.1, 0.15) is 0 Å². The lowest BCUT2D eigenvalue weighted by Gasteiger charge is -2.45. The fourth-order valence-electron chi connectivity index (χ4n) is 3.64. The van der Waals surface area contributed by atoms with Crippen molar-refractivity contribution in [3.05, 3.63) is 0 Å². The first-order valence-electron chi connectivity index (χ1n) is 6.64. The van der Waals surface area contributed by atoms with E-state index in [4.69, 9.17) is 4.74 Å². The number of nitrogens with zero attached hydrogens (tertiary/aromatic N) is 1. The van der Waals surface area contributed by atoms with Gasteiger partial charge in [0, 0.05) is 17.6 Å². The van der Waals surface area contributed by atoms with E-state index < -0.39 is 0 Å². The van der Waals surface area contributed by atoms with Gasteiger partial charge in [0.05, 0.1) is 13.5 Å². The molecule has 2 unspecified atom stereocenters. The molecule has 17 heavy (non-hydrogen) atoms. The zero-order chi connectivity index (χ0) is 12.5. The van der Waals surface area contributed by atoms with Gasteiger partial charge in [0.25, 0.3) is 0 Å². The van der Waals surface area contributed by atoms with Crippen molar-refractivity contribution in [2.45, 2.75) is 56.7 Å². The molecule has 98 valence electrons. The van der Waals surface area contributed by atoms with E-state index >= 15 is 0 Å². The first-order valence-corrected chi connectivity index (χ1v) is 6.64.